The second-order valence-electron chi connectivity index (χ2n) is 6.25. The van der Waals surface area contributed by atoms with Crippen molar-refractivity contribution in [2.75, 3.05) is 20.2 Å². The highest BCUT2D eigenvalue weighted by Crippen LogP contribution is 2.21. The van der Waals surface area contributed by atoms with Crippen molar-refractivity contribution >= 4 is 5.96 Å². The smallest absolute Gasteiger partial charge is 0.191 e. The normalized spacial score (nSPS) is 12.5. The predicted octanol–water partition coefficient (Wildman–Crippen LogP) is 3.65. The molecular formula is C21H29N3O2. The number of hydrogen-bond donors (Lipinski definition) is 3. The van der Waals surface area contributed by atoms with Gasteiger partial charge < -0.3 is 20.5 Å². The van der Waals surface area contributed by atoms with Gasteiger partial charge in [-0.25, -0.2) is 4.99 Å². The molecule has 0 saturated heterocycles. The van der Waals surface area contributed by atoms with E-state index in [1.54, 1.807) is 19.2 Å². The molecule has 0 heterocycles. The minimum atomic E-state index is 0.273. The lowest BCUT2D eigenvalue weighted by Crippen LogP contribution is -2.38. The number of benzene rings is 2. The van der Waals surface area contributed by atoms with Gasteiger partial charge in [0.2, 0.25) is 0 Å². The van der Waals surface area contributed by atoms with E-state index in [-0.39, 0.29) is 5.75 Å². The number of methoxy groups -OCH3 is 1. The summed E-state index contributed by atoms with van der Waals surface area (Å²) < 4.78 is 5.21. The maximum absolute atomic E-state index is 9.34. The van der Waals surface area contributed by atoms with Crippen LogP contribution in [-0.4, -0.2) is 31.3 Å². The molecule has 0 bridgehead atoms. The minimum absolute atomic E-state index is 0.273. The van der Waals surface area contributed by atoms with Crippen molar-refractivity contribution in [3.63, 3.8) is 0 Å². The zero-order valence-corrected chi connectivity index (χ0v) is 15.8. The van der Waals surface area contributed by atoms with Gasteiger partial charge in [0.1, 0.15) is 11.5 Å². The van der Waals surface area contributed by atoms with Gasteiger partial charge in [-0.2, -0.15) is 0 Å². The van der Waals surface area contributed by atoms with Gasteiger partial charge in [0, 0.05) is 13.1 Å². The van der Waals surface area contributed by atoms with E-state index in [1.807, 2.05) is 24.3 Å². The number of aromatic hydroxyl groups is 1. The SMILES string of the molecule is CCNC(=NCc1ccc(O)cc1)NCCC(C)c1ccc(OC)cc1. The molecule has 0 amide bonds. The Balaban J connectivity index is 1.84. The third-order valence-corrected chi connectivity index (χ3v) is 4.25. The first kappa shape index (κ1) is 19.6. The summed E-state index contributed by atoms with van der Waals surface area (Å²) in [7, 11) is 1.68. The molecule has 0 fully saturated rings. The largest absolute Gasteiger partial charge is 0.508 e. The van der Waals surface area contributed by atoms with Crippen molar-refractivity contribution in [2.45, 2.75) is 32.7 Å². The molecule has 1 unspecified atom stereocenters. The number of phenols is 1. The fourth-order valence-electron chi connectivity index (χ4n) is 2.62. The minimum Gasteiger partial charge on any atom is -0.508 e. The highest BCUT2D eigenvalue weighted by molar-refractivity contribution is 5.79. The lowest BCUT2D eigenvalue weighted by atomic mass is 9.98. The summed E-state index contributed by atoms with van der Waals surface area (Å²) in [5, 5.41) is 16.0. The Kier molecular flexibility index (Phi) is 7.80. The summed E-state index contributed by atoms with van der Waals surface area (Å²) >= 11 is 0. The molecule has 0 spiro atoms. The Morgan fingerprint density at radius 2 is 1.77 bits per heavy atom. The molecule has 1 atom stereocenters. The zero-order chi connectivity index (χ0) is 18.8. The van der Waals surface area contributed by atoms with Gasteiger partial charge in [0.05, 0.1) is 13.7 Å². The van der Waals surface area contributed by atoms with Crippen LogP contribution >= 0.6 is 0 Å². The van der Waals surface area contributed by atoms with Crippen LogP contribution in [0.1, 0.15) is 37.3 Å². The van der Waals surface area contributed by atoms with E-state index in [0.29, 0.717) is 12.5 Å². The second kappa shape index (κ2) is 10.3. The summed E-state index contributed by atoms with van der Waals surface area (Å²) in [5.74, 6) is 2.42. The standard InChI is InChI=1S/C21H29N3O2/c1-4-22-21(24-15-17-5-9-19(25)10-6-17)23-14-13-16(2)18-7-11-20(26-3)12-8-18/h5-12,16,25H,4,13-15H2,1-3H3,(H2,22,23,24). The Morgan fingerprint density at radius 3 is 2.38 bits per heavy atom. The monoisotopic (exact) mass is 355 g/mol. The molecular weight excluding hydrogens is 326 g/mol. The van der Waals surface area contributed by atoms with Gasteiger partial charge in [-0.05, 0) is 54.7 Å². The number of nitrogens with one attached hydrogen (secondary N) is 2. The van der Waals surface area contributed by atoms with Crippen molar-refractivity contribution in [1.29, 1.82) is 0 Å². The van der Waals surface area contributed by atoms with Gasteiger partial charge in [0.15, 0.2) is 5.96 Å². The van der Waals surface area contributed by atoms with Gasteiger partial charge in [0.25, 0.3) is 0 Å². The van der Waals surface area contributed by atoms with Gasteiger partial charge >= 0.3 is 0 Å². The first-order valence-electron chi connectivity index (χ1n) is 9.06. The van der Waals surface area contributed by atoms with E-state index in [0.717, 1.165) is 36.8 Å². The number of hydrogen-bond acceptors (Lipinski definition) is 3. The maximum atomic E-state index is 9.34. The molecule has 0 aromatic heterocycles. The number of nitrogens with zero attached hydrogens (tertiary/aromatic N) is 1. The number of rotatable bonds is 8. The summed E-state index contributed by atoms with van der Waals surface area (Å²) in [5.41, 5.74) is 2.37. The van der Waals surface area contributed by atoms with E-state index in [1.165, 1.54) is 5.56 Å². The van der Waals surface area contributed by atoms with Crippen LogP contribution in [0.5, 0.6) is 11.5 Å². The molecule has 2 aromatic carbocycles. The van der Waals surface area contributed by atoms with Gasteiger partial charge in [-0.15, -0.1) is 0 Å². The van der Waals surface area contributed by atoms with Crippen LogP contribution < -0.4 is 15.4 Å². The van der Waals surface area contributed by atoms with E-state index in [9.17, 15) is 5.11 Å². The summed E-state index contributed by atoms with van der Waals surface area (Å²) in [4.78, 5) is 4.60. The molecule has 0 aliphatic rings. The van der Waals surface area contributed by atoms with E-state index < -0.39 is 0 Å². The summed E-state index contributed by atoms with van der Waals surface area (Å²) in [6.07, 6.45) is 1.01. The van der Waals surface area contributed by atoms with E-state index in [2.05, 4.69) is 41.6 Å². The van der Waals surface area contributed by atoms with Crippen LogP contribution in [0.25, 0.3) is 0 Å². The zero-order valence-electron chi connectivity index (χ0n) is 15.8. The molecule has 26 heavy (non-hydrogen) atoms. The van der Waals surface area contributed by atoms with Gasteiger partial charge in [-0.1, -0.05) is 31.2 Å². The Morgan fingerprint density at radius 1 is 1.08 bits per heavy atom. The number of guanidine groups is 1. The van der Waals surface area contributed by atoms with Crippen LogP contribution in [0.3, 0.4) is 0 Å². The van der Waals surface area contributed by atoms with Crippen LogP contribution in [0.2, 0.25) is 0 Å². The van der Waals surface area contributed by atoms with Crippen LogP contribution in [0.15, 0.2) is 53.5 Å². The topological polar surface area (TPSA) is 65.9 Å². The number of ether oxygens (including phenoxy) is 1. The molecule has 5 heteroatoms. The molecule has 3 N–H and O–H groups in total. The first-order chi connectivity index (χ1) is 12.6. The average molecular weight is 355 g/mol. The average Bonchev–Trinajstić information content (AvgIpc) is 2.67. The van der Waals surface area contributed by atoms with Crippen LogP contribution in [0.4, 0.5) is 0 Å². The molecule has 2 aromatic rings. The lowest BCUT2D eigenvalue weighted by Gasteiger charge is -2.15. The molecule has 5 nitrogen and oxygen atoms in total. The molecule has 0 aliphatic carbocycles. The third-order valence-electron chi connectivity index (χ3n) is 4.25. The quantitative estimate of drug-likeness (QED) is 0.499. The van der Waals surface area contributed by atoms with Crippen molar-refractivity contribution in [3.8, 4) is 11.5 Å². The predicted molar refractivity (Wildman–Crippen MR) is 107 cm³/mol. The Hall–Kier alpha value is -2.69. The molecule has 0 radical (unpaired) electrons. The third kappa shape index (κ3) is 6.31. The lowest BCUT2D eigenvalue weighted by molar-refractivity contribution is 0.414. The van der Waals surface area contributed by atoms with Crippen molar-refractivity contribution in [3.05, 3.63) is 59.7 Å². The van der Waals surface area contributed by atoms with E-state index in [4.69, 9.17) is 4.74 Å². The fourth-order valence-corrected chi connectivity index (χ4v) is 2.62. The highest BCUT2D eigenvalue weighted by atomic mass is 16.5. The number of aliphatic imine (C=N–C) groups is 1. The summed E-state index contributed by atoms with van der Waals surface area (Å²) in [6, 6.07) is 15.4. The fraction of sp³-hybridized carbons (Fsp3) is 0.381. The van der Waals surface area contributed by atoms with Crippen LogP contribution in [-0.2, 0) is 6.54 Å². The van der Waals surface area contributed by atoms with Gasteiger partial charge in [-0.3, -0.25) is 0 Å². The van der Waals surface area contributed by atoms with Crippen molar-refractivity contribution in [2.24, 2.45) is 4.99 Å². The van der Waals surface area contributed by atoms with Crippen molar-refractivity contribution in [1.82, 2.24) is 10.6 Å². The van der Waals surface area contributed by atoms with E-state index >= 15 is 0 Å². The maximum Gasteiger partial charge on any atom is 0.191 e. The Labute approximate surface area is 156 Å². The molecule has 0 aliphatic heterocycles. The first-order valence-corrected chi connectivity index (χ1v) is 9.06. The Bertz CT molecular complexity index is 681. The molecule has 0 saturated carbocycles. The van der Waals surface area contributed by atoms with Crippen molar-refractivity contribution < 1.29 is 9.84 Å². The summed E-state index contributed by atoms with van der Waals surface area (Å²) in [6.45, 7) is 6.51. The second-order valence-corrected chi connectivity index (χ2v) is 6.25. The number of phenolic OH excluding ortho intramolecular Hbond substituents is 1. The molecule has 2 rings (SSSR count). The van der Waals surface area contributed by atoms with Crippen LogP contribution in [0, 0.1) is 0 Å². The highest BCUT2D eigenvalue weighted by Gasteiger charge is 2.06. The molecule has 140 valence electrons.